The summed E-state index contributed by atoms with van der Waals surface area (Å²) in [6, 6.07) is 16.3. The molecule has 0 radical (unpaired) electrons. The van der Waals surface area contributed by atoms with E-state index in [4.69, 9.17) is 0 Å². The highest BCUT2D eigenvalue weighted by Gasteiger charge is 2.18. The van der Waals surface area contributed by atoms with Gasteiger partial charge in [-0.25, -0.2) is 18.0 Å². The highest BCUT2D eigenvalue weighted by Crippen LogP contribution is 2.21. The van der Waals surface area contributed by atoms with Crippen molar-refractivity contribution in [2.75, 3.05) is 24.3 Å². The molecule has 3 aromatic rings. The zero-order chi connectivity index (χ0) is 24.9. The van der Waals surface area contributed by atoms with Gasteiger partial charge in [-0.3, -0.25) is 9.52 Å². The summed E-state index contributed by atoms with van der Waals surface area (Å²) in [6.45, 7) is 1.84. The highest BCUT2D eigenvalue weighted by atomic mass is 32.2. The number of hydrogen-bond acceptors (Lipinski definition) is 7. The maximum Gasteiger partial charge on any atom is 0.337 e. The summed E-state index contributed by atoms with van der Waals surface area (Å²) in [7, 11) is -1.59. The zero-order valence-electron chi connectivity index (χ0n) is 18.6. The standard InChI is InChI=1S/C24H22N2O7S/c1-15-6-4-8-19(10-15)26-34(30,31)21-9-5-7-16(14-21)22(27)25-20-12-17(23(28)32-2)11-18(13-20)24(29)33-3/h4-14,26H,1-3H3,(H,25,27). The molecule has 10 heteroatoms. The van der Waals surface area contributed by atoms with Gasteiger partial charge in [-0.1, -0.05) is 18.2 Å². The van der Waals surface area contributed by atoms with Crippen LogP contribution < -0.4 is 10.0 Å². The zero-order valence-corrected chi connectivity index (χ0v) is 19.4. The Morgan fingerprint density at radius 2 is 1.35 bits per heavy atom. The number of benzene rings is 3. The summed E-state index contributed by atoms with van der Waals surface area (Å²) in [6.07, 6.45) is 0. The van der Waals surface area contributed by atoms with Gasteiger partial charge in [-0.2, -0.15) is 0 Å². The number of sulfonamides is 1. The van der Waals surface area contributed by atoms with E-state index < -0.39 is 27.9 Å². The number of ether oxygens (including phenoxy) is 2. The molecule has 0 heterocycles. The van der Waals surface area contributed by atoms with Crippen molar-refractivity contribution in [2.45, 2.75) is 11.8 Å². The van der Waals surface area contributed by atoms with Gasteiger partial charge in [-0.15, -0.1) is 0 Å². The lowest BCUT2D eigenvalue weighted by atomic mass is 10.1. The molecule has 9 nitrogen and oxygen atoms in total. The van der Waals surface area contributed by atoms with E-state index in [-0.39, 0.29) is 27.3 Å². The molecule has 0 bridgehead atoms. The van der Waals surface area contributed by atoms with Crippen LogP contribution in [-0.2, 0) is 19.5 Å². The van der Waals surface area contributed by atoms with E-state index in [0.717, 1.165) is 5.56 Å². The number of hydrogen-bond donors (Lipinski definition) is 2. The molecule has 0 aliphatic heterocycles. The maximum absolute atomic E-state index is 12.8. The SMILES string of the molecule is COC(=O)c1cc(NC(=O)c2cccc(S(=O)(=O)Nc3cccc(C)c3)c2)cc(C(=O)OC)c1. The fourth-order valence-electron chi connectivity index (χ4n) is 3.10. The number of amides is 1. The van der Waals surface area contributed by atoms with E-state index >= 15 is 0 Å². The summed E-state index contributed by atoms with van der Waals surface area (Å²) in [5.41, 5.74) is 1.51. The van der Waals surface area contributed by atoms with Gasteiger partial charge < -0.3 is 14.8 Å². The van der Waals surface area contributed by atoms with Crippen molar-refractivity contribution in [1.29, 1.82) is 0 Å². The van der Waals surface area contributed by atoms with E-state index in [1.54, 1.807) is 18.2 Å². The minimum Gasteiger partial charge on any atom is -0.465 e. The highest BCUT2D eigenvalue weighted by molar-refractivity contribution is 7.92. The van der Waals surface area contributed by atoms with Gasteiger partial charge in [0.05, 0.1) is 30.2 Å². The molecule has 0 fully saturated rings. The Morgan fingerprint density at radius 1 is 0.735 bits per heavy atom. The van der Waals surface area contributed by atoms with E-state index in [1.165, 1.54) is 56.7 Å². The second-order valence-electron chi connectivity index (χ2n) is 7.24. The molecule has 176 valence electrons. The number of aryl methyl sites for hydroxylation is 1. The molecule has 0 atom stereocenters. The second kappa shape index (κ2) is 10.2. The first-order valence-electron chi connectivity index (χ1n) is 9.95. The first-order valence-corrected chi connectivity index (χ1v) is 11.4. The molecule has 3 aromatic carbocycles. The molecule has 0 saturated heterocycles. The van der Waals surface area contributed by atoms with Crippen LogP contribution in [0.3, 0.4) is 0 Å². The third kappa shape index (κ3) is 5.78. The molecule has 0 aromatic heterocycles. The predicted octanol–water partition coefficient (Wildman–Crippen LogP) is 3.62. The summed E-state index contributed by atoms with van der Waals surface area (Å²) in [4.78, 5) is 36.6. The normalized spacial score (nSPS) is 10.8. The van der Waals surface area contributed by atoms with Crippen molar-refractivity contribution in [3.05, 3.63) is 89.0 Å². The van der Waals surface area contributed by atoms with Crippen LogP contribution in [0.25, 0.3) is 0 Å². The molecule has 0 aliphatic rings. The number of esters is 2. The molecule has 34 heavy (non-hydrogen) atoms. The molecule has 0 aliphatic carbocycles. The minimum atomic E-state index is -3.95. The number of methoxy groups -OCH3 is 2. The van der Waals surface area contributed by atoms with Crippen molar-refractivity contribution in [3.63, 3.8) is 0 Å². The van der Waals surface area contributed by atoms with E-state index in [9.17, 15) is 22.8 Å². The van der Waals surface area contributed by atoms with E-state index in [0.29, 0.717) is 5.69 Å². The smallest absolute Gasteiger partial charge is 0.337 e. The summed E-state index contributed by atoms with van der Waals surface area (Å²) >= 11 is 0. The molecule has 0 unspecified atom stereocenters. The van der Waals surface area contributed by atoms with Gasteiger partial charge in [0, 0.05) is 16.9 Å². The minimum absolute atomic E-state index is 0.0272. The Bertz CT molecular complexity index is 1330. The molecule has 3 rings (SSSR count). The van der Waals surface area contributed by atoms with Crippen LogP contribution in [0, 0.1) is 6.92 Å². The lowest BCUT2D eigenvalue weighted by molar-refractivity contribution is 0.0598. The predicted molar refractivity (Wildman–Crippen MR) is 126 cm³/mol. The van der Waals surface area contributed by atoms with Crippen molar-refractivity contribution in [1.82, 2.24) is 0 Å². The summed E-state index contributed by atoms with van der Waals surface area (Å²) in [5.74, 6) is -2.07. The van der Waals surface area contributed by atoms with Gasteiger partial charge in [-0.05, 0) is 61.0 Å². The number of nitrogens with one attached hydrogen (secondary N) is 2. The van der Waals surface area contributed by atoms with Crippen LogP contribution in [0.2, 0.25) is 0 Å². The van der Waals surface area contributed by atoms with Crippen molar-refractivity contribution in [2.24, 2.45) is 0 Å². The molecule has 0 saturated carbocycles. The first kappa shape index (κ1) is 24.5. The van der Waals surface area contributed by atoms with Crippen LogP contribution in [0.1, 0.15) is 36.6 Å². The largest absolute Gasteiger partial charge is 0.465 e. The monoisotopic (exact) mass is 482 g/mol. The lowest BCUT2D eigenvalue weighted by Gasteiger charge is -2.11. The summed E-state index contributed by atoms with van der Waals surface area (Å²) < 4.78 is 37.5. The van der Waals surface area contributed by atoms with Gasteiger partial charge in [0.15, 0.2) is 0 Å². The van der Waals surface area contributed by atoms with Gasteiger partial charge in [0.2, 0.25) is 0 Å². The summed E-state index contributed by atoms with van der Waals surface area (Å²) in [5, 5.41) is 2.56. The van der Waals surface area contributed by atoms with Crippen LogP contribution in [0.15, 0.2) is 71.6 Å². The average Bonchev–Trinajstić information content (AvgIpc) is 2.82. The molecule has 2 N–H and O–H groups in total. The lowest BCUT2D eigenvalue weighted by Crippen LogP contribution is -2.16. The number of rotatable bonds is 7. The van der Waals surface area contributed by atoms with Crippen LogP contribution >= 0.6 is 0 Å². The molecular weight excluding hydrogens is 460 g/mol. The van der Waals surface area contributed by atoms with Crippen molar-refractivity contribution in [3.8, 4) is 0 Å². The van der Waals surface area contributed by atoms with Gasteiger partial charge in [0.1, 0.15) is 0 Å². The van der Waals surface area contributed by atoms with Crippen LogP contribution in [0.4, 0.5) is 11.4 Å². The fourth-order valence-corrected chi connectivity index (χ4v) is 4.20. The topological polar surface area (TPSA) is 128 Å². The number of carbonyl (C=O) groups excluding carboxylic acids is 3. The molecular formula is C24H22N2O7S. The van der Waals surface area contributed by atoms with Gasteiger partial charge >= 0.3 is 11.9 Å². The van der Waals surface area contributed by atoms with Crippen LogP contribution in [0.5, 0.6) is 0 Å². The molecule has 1 amide bonds. The Balaban J connectivity index is 1.88. The quantitative estimate of drug-likeness (QED) is 0.492. The fraction of sp³-hybridized carbons (Fsp3) is 0.125. The Kier molecular flexibility index (Phi) is 7.32. The van der Waals surface area contributed by atoms with Crippen molar-refractivity contribution >= 4 is 39.2 Å². The van der Waals surface area contributed by atoms with E-state index in [2.05, 4.69) is 19.5 Å². The first-order chi connectivity index (χ1) is 16.1. The average molecular weight is 483 g/mol. The number of anilines is 2. The molecule has 0 spiro atoms. The van der Waals surface area contributed by atoms with Crippen LogP contribution in [-0.4, -0.2) is 40.5 Å². The Morgan fingerprint density at radius 3 is 1.94 bits per heavy atom. The Labute approximate surface area is 196 Å². The van der Waals surface area contributed by atoms with Crippen molar-refractivity contribution < 1.29 is 32.3 Å². The Hall–Kier alpha value is -4.18. The maximum atomic E-state index is 12.8. The second-order valence-corrected chi connectivity index (χ2v) is 8.92. The number of carbonyl (C=O) groups is 3. The third-order valence-corrected chi connectivity index (χ3v) is 6.09. The van der Waals surface area contributed by atoms with Gasteiger partial charge in [0.25, 0.3) is 15.9 Å². The third-order valence-electron chi connectivity index (χ3n) is 4.71. The van der Waals surface area contributed by atoms with E-state index in [1.807, 2.05) is 13.0 Å².